The van der Waals surface area contributed by atoms with Crippen LogP contribution in [0.15, 0.2) is 30.3 Å². The molecule has 1 aliphatic carbocycles. The molecule has 1 saturated carbocycles. The maximum Gasteiger partial charge on any atom is 0.222 e. The highest BCUT2D eigenvalue weighted by Crippen LogP contribution is 2.61. The highest BCUT2D eigenvalue weighted by Gasteiger charge is 2.50. The number of benzene rings is 1. The van der Waals surface area contributed by atoms with E-state index in [1.807, 2.05) is 4.90 Å². The van der Waals surface area contributed by atoms with Crippen molar-refractivity contribution in [3.8, 4) is 0 Å². The molecule has 20 heavy (non-hydrogen) atoms. The smallest absolute Gasteiger partial charge is 0.222 e. The number of hydrogen-bond acceptors (Lipinski definition) is 2. The topological polar surface area (TPSA) is 46.3 Å². The number of nitrogens with two attached hydrogens (primary N) is 1. The van der Waals surface area contributed by atoms with Crippen LogP contribution in [-0.4, -0.2) is 29.9 Å². The largest absolute Gasteiger partial charge is 0.341 e. The van der Waals surface area contributed by atoms with E-state index in [2.05, 4.69) is 37.3 Å². The third-order valence-corrected chi connectivity index (χ3v) is 5.04. The number of rotatable bonds is 4. The van der Waals surface area contributed by atoms with Crippen molar-refractivity contribution in [2.75, 3.05) is 13.1 Å². The van der Waals surface area contributed by atoms with Gasteiger partial charge in [0, 0.05) is 25.6 Å². The normalized spacial score (nSPS) is 32.4. The minimum Gasteiger partial charge on any atom is -0.341 e. The molecule has 3 nitrogen and oxygen atoms in total. The fraction of sp³-hybridized carbons (Fsp3) is 0.588. The fourth-order valence-electron chi connectivity index (χ4n) is 3.45. The van der Waals surface area contributed by atoms with Crippen molar-refractivity contribution in [3.05, 3.63) is 35.9 Å². The quantitative estimate of drug-likeness (QED) is 0.915. The Kier molecular flexibility index (Phi) is 3.55. The van der Waals surface area contributed by atoms with Gasteiger partial charge in [-0.15, -0.1) is 0 Å². The number of carbonyl (C=O) groups excluding carboxylic acids is 1. The van der Waals surface area contributed by atoms with Gasteiger partial charge in [0.25, 0.3) is 0 Å². The van der Waals surface area contributed by atoms with Crippen molar-refractivity contribution in [2.24, 2.45) is 11.1 Å². The minimum absolute atomic E-state index is 0.188. The van der Waals surface area contributed by atoms with E-state index in [1.54, 1.807) is 0 Å². The molecule has 108 valence electrons. The minimum atomic E-state index is 0.188. The molecule has 0 bridgehead atoms. The van der Waals surface area contributed by atoms with Crippen molar-refractivity contribution in [1.82, 2.24) is 4.90 Å². The molecule has 3 heteroatoms. The van der Waals surface area contributed by atoms with Gasteiger partial charge in [-0.3, -0.25) is 4.79 Å². The molecule has 1 amide bonds. The van der Waals surface area contributed by atoms with Crippen molar-refractivity contribution in [1.29, 1.82) is 0 Å². The molecule has 0 unspecified atom stereocenters. The summed E-state index contributed by atoms with van der Waals surface area (Å²) in [5.74, 6) is 0.926. The Morgan fingerprint density at radius 1 is 1.40 bits per heavy atom. The molecule has 0 aromatic heterocycles. The molecule has 2 aliphatic rings. The molecule has 2 N–H and O–H groups in total. The Morgan fingerprint density at radius 3 is 2.80 bits per heavy atom. The van der Waals surface area contributed by atoms with Crippen LogP contribution in [0.1, 0.15) is 44.1 Å². The Labute approximate surface area is 121 Å². The van der Waals surface area contributed by atoms with Crippen molar-refractivity contribution >= 4 is 5.91 Å². The third-order valence-electron chi connectivity index (χ3n) is 5.04. The summed E-state index contributed by atoms with van der Waals surface area (Å²) >= 11 is 0. The number of nitrogens with zero attached hydrogens (tertiary/aromatic N) is 1. The van der Waals surface area contributed by atoms with E-state index >= 15 is 0 Å². The number of amides is 1. The van der Waals surface area contributed by atoms with Gasteiger partial charge in [0.05, 0.1) is 0 Å². The van der Waals surface area contributed by atoms with Crippen LogP contribution in [0.25, 0.3) is 0 Å². The Hall–Kier alpha value is -1.35. The van der Waals surface area contributed by atoms with Crippen molar-refractivity contribution in [3.63, 3.8) is 0 Å². The fourth-order valence-corrected chi connectivity index (χ4v) is 3.45. The molecule has 3 atom stereocenters. The molecule has 0 spiro atoms. The van der Waals surface area contributed by atoms with Gasteiger partial charge in [0.15, 0.2) is 0 Å². The Balaban J connectivity index is 1.51. The molecule has 1 aromatic rings. The molecular weight excluding hydrogens is 248 g/mol. The van der Waals surface area contributed by atoms with Gasteiger partial charge in [0.1, 0.15) is 0 Å². The van der Waals surface area contributed by atoms with Crippen LogP contribution >= 0.6 is 0 Å². The molecule has 1 saturated heterocycles. The second-order valence-corrected chi connectivity index (χ2v) is 6.71. The maximum absolute atomic E-state index is 12.2. The highest BCUT2D eigenvalue weighted by molar-refractivity contribution is 5.76. The lowest BCUT2D eigenvalue weighted by Crippen LogP contribution is -2.32. The molecule has 3 rings (SSSR count). The molecule has 0 radical (unpaired) electrons. The molecule has 1 heterocycles. The van der Waals surface area contributed by atoms with E-state index in [0.717, 1.165) is 25.9 Å². The lowest BCUT2D eigenvalue weighted by Gasteiger charge is -2.17. The first-order chi connectivity index (χ1) is 9.58. The Morgan fingerprint density at radius 2 is 2.15 bits per heavy atom. The first-order valence-corrected chi connectivity index (χ1v) is 7.67. The van der Waals surface area contributed by atoms with Crippen LogP contribution in [0.4, 0.5) is 0 Å². The maximum atomic E-state index is 12.2. The zero-order valence-corrected chi connectivity index (χ0v) is 12.2. The summed E-state index contributed by atoms with van der Waals surface area (Å²) in [6, 6.07) is 10.9. The lowest BCUT2D eigenvalue weighted by molar-refractivity contribution is -0.130. The van der Waals surface area contributed by atoms with Crippen molar-refractivity contribution < 1.29 is 4.79 Å². The van der Waals surface area contributed by atoms with Gasteiger partial charge in [0.2, 0.25) is 5.91 Å². The van der Waals surface area contributed by atoms with Gasteiger partial charge in [-0.25, -0.2) is 0 Å². The first-order valence-electron chi connectivity index (χ1n) is 7.67. The summed E-state index contributed by atoms with van der Waals surface area (Å²) < 4.78 is 0. The monoisotopic (exact) mass is 272 g/mol. The predicted molar refractivity (Wildman–Crippen MR) is 80.3 cm³/mol. The summed E-state index contributed by atoms with van der Waals surface area (Å²) in [6.45, 7) is 3.91. The van der Waals surface area contributed by atoms with E-state index in [1.165, 1.54) is 12.0 Å². The summed E-state index contributed by atoms with van der Waals surface area (Å²) in [4.78, 5) is 14.1. The van der Waals surface area contributed by atoms with Crippen LogP contribution in [-0.2, 0) is 4.79 Å². The molecule has 1 aromatic carbocycles. The van der Waals surface area contributed by atoms with Gasteiger partial charge in [-0.05, 0) is 36.2 Å². The van der Waals surface area contributed by atoms with E-state index < -0.39 is 0 Å². The molecular formula is C17H24N2O. The summed E-state index contributed by atoms with van der Waals surface area (Å²) in [7, 11) is 0. The van der Waals surface area contributed by atoms with Crippen LogP contribution in [0.3, 0.4) is 0 Å². The van der Waals surface area contributed by atoms with E-state index in [0.29, 0.717) is 17.8 Å². The van der Waals surface area contributed by atoms with Gasteiger partial charge in [-0.2, -0.15) is 0 Å². The van der Waals surface area contributed by atoms with Crippen LogP contribution in [0.5, 0.6) is 0 Å². The second-order valence-electron chi connectivity index (χ2n) is 6.71. The second kappa shape index (κ2) is 5.21. The molecule has 2 fully saturated rings. The average molecular weight is 272 g/mol. The lowest BCUT2D eigenvalue weighted by atomic mass is 9.95. The zero-order valence-electron chi connectivity index (χ0n) is 12.2. The van der Waals surface area contributed by atoms with Crippen molar-refractivity contribution in [2.45, 2.75) is 44.6 Å². The summed E-state index contributed by atoms with van der Waals surface area (Å²) in [5, 5.41) is 0. The summed E-state index contributed by atoms with van der Waals surface area (Å²) in [6.07, 6.45) is 3.84. The SMILES string of the molecule is C[C@]1(CCC(=O)N2CC[C@H](N)C2)C[C@@H]1c1ccccc1. The number of likely N-dealkylation sites (tertiary alicyclic amines) is 1. The Bertz CT molecular complexity index is 487. The van der Waals surface area contributed by atoms with Gasteiger partial charge in [-0.1, -0.05) is 37.3 Å². The number of hydrogen-bond donors (Lipinski definition) is 1. The summed E-state index contributed by atoms with van der Waals surface area (Å²) in [5.41, 5.74) is 7.60. The van der Waals surface area contributed by atoms with Gasteiger partial charge >= 0.3 is 0 Å². The van der Waals surface area contributed by atoms with E-state index in [4.69, 9.17) is 5.73 Å². The third kappa shape index (κ3) is 2.73. The van der Waals surface area contributed by atoms with E-state index in [9.17, 15) is 4.79 Å². The predicted octanol–water partition coefficient (Wildman–Crippen LogP) is 2.52. The first kappa shape index (κ1) is 13.6. The average Bonchev–Trinajstić information content (AvgIpc) is 2.94. The van der Waals surface area contributed by atoms with Gasteiger partial charge < -0.3 is 10.6 Å². The van der Waals surface area contributed by atoms with Crippen LogP contribution < -0.4 is 5.73 Å². The van der Waals surface area contributed by atoms with E-state index in [-0.39, 0.29) is 11.9 Å². The zero-order chi connectivity index (χ0) is 14.2. The highest BCUT2D eigenvalue weighted by atomic mass is 16.2. The standard InChI is InChI=1S/C17H24N2O/c1-17(11-15(17)13-5-3-2-4-6-13)9-7-16(20)19-10-8-14(18)12-19/h2-6,14-15H,7-12,18H2,1H3/t14-,15+,17-/m0/s1. The van der Waals surface area contributed by atoms with Crippen LogP contribution in [0, 0.1) is 5.41 Å². The van der Waals surface area contributed by atoms with Crippen LogP contribution in [0.2, 0.25) is 0 Å². The number of carbonyl (C=O) groups is 1. The molecule has 1 aliphatic heterocycles.